The zero-order chi connectivity index (χ0) is 12.8. The molecule has 1 unspecified atom stereocenters. The van der Waals surface area contributed by atoms with Crippen molar-refractivity contribution in [1.82, 2.24) is 5.32 Å². The molecule has 1 aromatic carbocycles. The summed E-state index contributed by atoms with van der Waals surface area (Å²) in [7, 11) is 0. The summed E-state index contributed by atoms with van der Waals surface area (Å²) in [6, 6.07) is 6.38. The third-order valence-electron chi connectivity index (χ3n) is 2.19. The molecule has 2 amide bonds. The van der Waals surface area contributed by atoms with E-state index in [2.05, 4.69) is 5.32 Å². The maximum Gasteiger partial charge on any atom is 0.328 e. The fourth-order valence-corrected chi connectivity index (χ4v) is 1.40. The highest BCUT2D eigenvalue weighted by Crippen LogP contribution is 2.14. The molecule has 90 valence electrons. The molecule has 1 atom stereocenters. The van der Waals surface area contributed by atoms with E-state index < -0.39 is 12.0 Å². The van der Waals surface area contributed by atoms with Crippen LogP contribution >= 0.6 is 0 Å². The van der Waals surface area contributed by atoms with Crippen LogP contribution in [0.3, 0.4) is 0 Å². The fraction of sp³-hybridized carbons (Fsp3) is 0.167. The highest BCUT2D eigenvalue weighted by molar-refractivity contribution is 5.85. The fourth-order valence-electron chi connectivity index (χ4n) is 1.40. The van der Waals surface area contributed by atoms with E-state index in [0.29, 0.717) is 0 Å². The Balaban J connectivity index is 2.85. The monoisotopic (exact) mass is 234 g/mol. The molecule has 1 aromatic rings. The summed E-state index contributed by atoms with van der Waals surface area (Å²) in [5.74, 6) is -1.00. The van der Waals surface area contributed by atoms with Crippen LogP contribution in [-0.2, 0) is 4.79 Å². The predicted molar refractivity (Wildman–Crippen MR) is 64.2 cm³/mol. The molecule has 0 bridgehead atoms. The number of nitrogens with two attached hydrogens (primary N) is 1. The van der Waals surface area contributed by atoms with Crippen LogP contribution in [0, 0.1) is 0 Å². The smallest absolute Gasteiger partial charge is 0.328 e. The third kappa shape index (κ3) is 4.38. The second-order valence-corrected chi connectivity index (χ2v) is 3.57. The summed E-state index contributed by atoms with van der Waals surface area (Å²) in [4.78, 5) is 21.1. The SMILES string of the molecule is CC(NC(N)=O)c1cccc(C=CC(=O)O)c1. The summed E-state index contributed by atoms with van der Waals surface area (Å²) in [6.07, 6.45) is 2.55. The Bertz CT molecular complexity index is 455. The van der Waals surface area contributed by atoms with Gasteiger partial charge in [0, 0.05) is 6.08 Å². The van der Waals surface area contributed by atoms with E-state index in [9.17, 15) is 9.59 Å². The molecule has 17 heavy (non-hydrogen) atoms. The van der Waals surface area contributed by atoms with Crippen LogP contribution in [0.15, 0.2) is 30.3 Å². The molecule has 0 aliphatic carbocycles. The number of carbonyl (C=O) groups excluding carboxylic acids is 1. The maximum absolute atomic E-state index is 10.7. The summed E-state index contributed by atoms with van der Waals surface area (Å²) in [5, 5.41) is 11.1. The Morgan fingerprint density at radius 2 is 2.18 bits per heavy atom. The van der Waals surface area contributed by atoms with Crippen molar-refractivity contribution >= 4 is 18.1 Å². The molecular formula is C12H14N2O3. The first-order valence-electron chi connectivity index (χ1n) is 5.06. The Kier molecular flexibility index (Phi) is 4.28. The molecule has 0 saturated carbocycles. The number of nitrogens with one attached hydrogen (secondary N) is 1. The van der Waals surface area contributed by atoms with E-state index in [1.807, 2.05) is 6.07 Å². The summed E-state index contributed by atoms with van der Waals surface area (Å²) < 4.78 is 0. The number of carbonyl (C=O) groups is 2. The number of aliphatic carboxylic acids is 1. The van der Waals surface area contributed by atoms with Gasteiger partial charge in [0.25, 0.3) is 0 Å². The summed E-state index contributed by atoms with van der Waals surface area (Å²) in [5.41, 5.74) is 6.64. The molecule has 0 aliphatic rings. The van der Waals surface area contributed by atoms with Crippen molar-refractivity contribution in [2.45, 2.75) is 13.0 Å². The van der Waals surface area contributed by atoms with Crippen LogP contribution < -0.4 is 11.1 Å². The number of amides is 2. The molecule has 0 aliphatic heterocycles. The van der Waals surface area contributed by atoms with E-state index in [0.717, 1.165) is 17.2 Å². The van der Waals surface area contributed by atoms with Crippen LogP contribution in [0.1, 0.15) is 24.1 Å². The number of hydrogen-bond acceptors (Lipinski definition) is 2. The lowest BCUT2D eigenvalue weighted by Crippen LogP contribution is -2.31. The van der Waals surface area contributed by atoms with Crippen molar-refractivity contribution in [1.29, 1.82) is 0 Å². The Morgan fingerprint density at radius 1 is 1.47 bits per heavy atom. The van der Waals surface area contributed by atoms with E-state index in [1.54, 1.807) is 25.1 Å². The minimum absolute atomic E-state index is 0.217. The second-order valence-electron chi connectivity index (χ2n) is 3.57. The van der Waals surface area contributed by atoms with Crippen molar-refractivity contribution in [2.75, 3.05) is 0 Å². The van der Waals surface area contributed by atoms with Gasteiger partial charge in [0.15, 0.2) is 0 Å². The number of carboxylic acid groups (broad SMARTS) is 1. The largest absolute Gasteiger partial charge is 0.478 e. The van der Waals surface area contributed by atoms with E-state index in [4.69, 9.17) is 10.8 Å². The third-order valence-corrected chi connectivity index (χ3v) is 2.19. The molecule has 0 spiro atoms. The lowest BCUT2D eigenvalue weighted by atomic mass is 10.1. The van der Waals surface area contributed by atoms with Gasteiger partial charge in [-0.25, -0.2) is 9.59 Å². The van der Waals surface area contributed by atoms with E-state index >= 15 is 0 Å². The van der Waals surface area contributed by atoms with Gasteiger partial charge in [0.1, 0.15) is 0 Å². The predicted octanol–water partition coefficient (Wildman–Crippen LogP) is 1.51. The van der Waals surface area contributed by atoms with E-state index in [-0.39, 0.29) is 6.04 Å². The van der Waals surface area contributed by atoms with Crippen LogP contribution in [0.5, 0.6) is 0 Å². The molecule has 0 heterocycles. The van der Waals surface area contributed by atoms with Crippen LogP contribution in [0.2, 0.25) is 0 Å². The first-order valence-corrected chi connectivity index (χ1v) is 5.06. The molecule has 4 N–H and O–H groups in total. The van der Waals surface area contributed by atoms with Crippen molar-refractivity contribution in [2.24, 2.45) is 5.73 Å². The molecule has 0 aromatic heterocycles. The Labute approximate surface area is 98.9 Å². The Hall–Kier alpha value is -2.30. The topological polar surface area (TPSA) is 92.4 Å². The van der Waals surface area contributed by atoms with Gasteiger partial charge in [-0.1, -0.05) is 18.2 Å². The second kappa shape index (κ2) is 5.69. The number of urea groups is 1. The summed E-state index contributed by atoms with van der Waals surface area (Å²) >= 11 is 0. The first kappa shape index (κ1) is 12.8. The average molecular weight is 234 g/mol. The normalized spacial score (nSPS) is 12.3. The molecule has 5 nitrogen and oxygen atoms in total. The molecule has 5 heteroatoms. The Morgan fingerprint density at radius 3 is 2.76 bits per heavy atom. The highest BCUT2D eigenvalue weighted by Gasteiger charge is 2.06. The number of benzene rings is 1. The molecule has 0 radical (unpaired) electrons. The maximum atomic E-state index is 10.7. The highest BCUT2D eigenvalue weighted by atomic mass is 16.4. The molecule has 0 fully saturated rings. The van der Waals surface area contributed by atoms with Crippen LogP contribution in [0.25, 0.3) is 6.08 Å². The van der Waals surface area contributed by atoms with Crippen molar-refractivity contribution < 1.29 is 14.7 Å². The lowest BCUT2D eigenvalue weighted by molar-refractivity contribution is -0.131. The van der Waals surface area contributed by atoms with Crippen molar-refractivity contribution in [3.63, 3.8) is 0 Å². The van der Waals surface area contributed by atoms with Gasteiger partial charge in [0.2, 0.25) is 0 Å². The minimum Gasteiger partial charge on any atom is -0.478 e. The zero-order valence-electron chi connectivity index (χ0n) is 9.38. The average Bonchev–Trinajstić information content (AvgIpc) is 2.26. The van der Waals surface area contributed by atoms with E-state index in [1.165, 1.54) is 6.08 Å². The molecule has 1 rings (SSSR count). The quantitative estimate of drug-likeness (QED) is 0.689. The van der Waals surface area contributed by atoms with Gasteiger partial charge < -0.3 is 16.2 Å². The van der Waals surface area contributed by atoms with Gasteiger partial charge in [-0.15, -0.1) is 0 Å². The van der Waals surface area contributed by atoms with Crippen LogP contribution in [0.4, 0.5) is 4.79 Å². The van der Waals surface area contributed by atoms with Crippen LogP contribution in [-0.4, -0.2) is 17.1 Å². The summed E-state index contributed by atoms with van der Waals surface area (Å²) in [6.45, 7) is 1.80. The van der Waals surface area contributed by atoms with Gasteiger partial charge >= 0.3 is 12.0 Å². The zero-order valence-corrected chi connectivity index (χ0v) is 9.38. The standard InChI is InChI=1S/C12H14N2O3/c1-8(14-12(13)17)10-4-2-3-9(7-10)5-6-11(15)16/h2-8H,1H3,(H,15,16)(H3,13,14,17). The number of carboxylic acids is 1. The molecule has 0 saturated heterocycles. The lowest BCUT2D eigenvalue weighted by Gasteiger charge is -2.12. The van der Waals surface area contributed by atoms with Gasteiger partial charge in [-0.3, -0.25) is 0 Å². The molecular weight excluding hydrogens is 220 g/mol. The van der Waals surface area contributed by atoms with Crippen molar-refractivity contribution in [3.05, 3.63) is 41.5 Å². The van der Waals surface area contributed by atoms with Gasteiger partial charge in [0.05, 0.1) is 6.04 Å². The van der Waals surface area contributed by atoms with Gasteiger partial charge in [-0.05, 0) is 30.2 Å². The number of rotatable bonds is 4. The number of primary amides is 1. The van der Waals surface area contributed by atoms with Crippen molar-refractivity contribution in [3.8, 4) is 0 Å². The van der Waals surface area contributed by atoms with Gasteiger partial charge in [-0.2, -0.15) is 0 Å². The first-order chi connectivity index (χ1) is 7.99. The minimum atomic E-state index is -1.00. The number of hydrogen-bond donors (Lipinski definition) is 3.